The lowest BCUT2D eigenvalue weighted by Crippen LogP contribution is -2.57. The number of nitrogens with zero attached hydrogens (tertiary/aromatic N) is 1. The highest BCUT2D eigenvalue weighted by molar-refractivity contribution is 7.80. The maximum Gasteiger partial charge on any atom is 0.170 e. The van der Waals surface area contributed by atoms with Crippen molar-refractivity contribution in [1.29, 1.82) is 0 Å². The Labute approximate surface area is 138 Å². The Morgan fingerprint density at radius 1 is 0.955 bits per heavy atom. The molecule has 2 saturated heterocycles. The molecule has 3 aliphatic rings. The van der Waals surface area contributed by atoms with Crippen LogP contribution in [0.4, 0.5) is 5.69 Å². The van der Waals surface area contributed by atoms with Crippen molar-refractivity contribution < 1.29 is 0 Å². The van der Waals surface area contributed by atoms with Gasteiger partial charge in [0.1, 0.15) is 0 Å². The van der Waals surface area contributed by atoms with Gasteiger partial charge in [0, 0.05) is 29.9 Å². The van der Waals surface area contributed by atoms with Crippen LogP contribution in [0.5, 0.6) is 0 Å². The second-order valence-corrected chi connectivity index (χ2v) is 7.46. The Bertz CT molecular complexity index is 514. The van der Waals surface area contributed by atoms with Crippen molar-refractivity contribution in [3.05, 3.63) is 30.3 Å². The number of nitrogens with one attached hydrogen (secondary N) is 2. The zero-order valence-electron chi connectivity index (χ0n) is 13.0. The summed E-state index contributed by atoms with van der Waals surface area (Å²) in [6.07, 6.45) is 9.54. The van der Waals surface area contributed by atoms with Crippen molar-refractivity contribution in [2.45, 2.75) is 69.1 Å². The van der Waals surface area contributed by atoms with E-state index >= 15 is 0 Å². The van der Waals surface area contributed by atoms with E-state index < -0.39 is 0 Å². The molecular formula is C18H25N3S. The smallest absolute Gasteiger partial charge is 0.170 e. The predicted octanol–water partition coefficient (Wildman–Crippen LogP) is 3.52. The lowest BCUT2D eigenvalue weighted by Gasteiger charge is -2.49. The van der Waals surface area contributed by atoms with E-state index in [1.807, 2.05) is 18.2 Å². The summed E-state index contributed by atoms with van der Waals surface area (Å²) in [5, 5.41) is 7.65. The van der Waals surface area contributed by atoms with Crippen molar-refractivity contribution in [2.24, 2.45) is 0 Å². The molecule has 4 heteroatoms. The van der Waals surface area contributed by atoms with E-state index in [-0.39, 0.29) is 0 Å². The van der Waals surface area contributed by atoms with Crippen LogP contribution in [0.2, 0.25) is 0 Å². The number of anilines is 1. The van der Waals surface area contributed by atoms with Gasteiger partial charge in [-0.25, -0.2) is 0 Å². The van der Waals surface area contributed by atoms with E-state index in [4.69, 9.17) is 12.2 Å². The standard InChI is InChI=1S/C18H25N3S/c22-18(19-13-5-2-1-3-6-13)20-14-11-16-7-4-8-17(12-14)21(16)15-9-10-15/h1-3,5-6,14-17H,4,7-12H2,(H2,19,20,22)/t14?,16-,17+. The molecule has 0 spiro atoms. The topological polar surface area (TPSA) is 27.3 Å². The van der Waals surface area contributed by atoms with Crippen LogP contribution in [0, 0.1) is 0 Å². The Kier molecular flexibility index (Phi) is 4.05. The highest BCUT2D eigenvalue weighted by Gasteiger charge is 2.44. The van der Waals surface area contributed by atoms with Crippen LogP contribution in [0.1, 0.15) is 44.9 Å². The van der Waals surface area contributed by atoms with Gasteiger partial charge in [-0.2, -0.15) is 0 Å². The molecule has 3 nitrogen and oxygen atoms in total. The van der Waals surface area contributed by atoms with E-state index in [1.165, 1.54) is 44.9 Å². The van der Waals surface area contributed by atoms with Gasteiger partial charge in [-0.3, -0.25) is 4.90 Å². The summed E-state index contributed by atoms with van der Waals surface area (Å²) in [5.41, 5.74) is 1.07. The summed E-state index contributed by atoms with van der Waals surface area (Å²) >= 11 is 5.51. The summed E-state index contributed by atoms with van der Waals surface area (Å²) in [4.78, 5) is 2.86. The SMILES string of the molecule is S=C(Nc1ccccc1)NC1C[C@H]2CCC[C@@H](C1)N2C1CC1. The molecule has 0 amide bonds. The van der Waals surface area contributed by atoms with Gasteiger partial charge >= 0.3 is 0 Å². The van der Waals surface area contributed by atoms with Gasteiger partial charge in [0.25, 0.3) is 0 Å². The Morgan fingerprint density at radius 2 is 1.64 bits per heavy atom. The van der Waals surface area contributed by atoms with Crippen LogP contribution in [0.15, 0.2) is 30.3 Å². The van der Waals surface area contributed by atoms with Crippen LogP contribution < -0.4 is 10.6 Å². The molecule has 0 aromatic heterocycles. The lowest BCUT2D eigenvalue weighted by atomic mass is 9.81. The Balaban J connectivity index is 1.35. The number of hydrogen-bond donors (Lipinski definition) is 2. The second kappa shape index (κ2) is 6.17. The minimum Gasteiger partial charge on any atom is -0.360 e. The van der Waals surface area contributed by atoms with Gasteiger partial charge in [0.2, 0.25) is 0 Å². The molecule has 1 aliphatic carbocycles. The van der Waals surface area contributed by atoms with E-state index in [0.29, 0.717) is 6.04 Å². The molecule has 1 unspecified atom stereocenters. The zero-order valence-corrected chi connectivity index (χ0v) is 13.8. The molecule has 22 heavy (non-hydrogen) atoms. The average Bonchev–Trinajstić information content (AvgIpc) is 3.31. The maximum absolute atomic E-state index is 5.51. The van der Waals surface area contributed by atoms with Crippen LogP contribution in [-0.4, -0.2) is 34.2 Å². The normalized spacial score (nSPS) is 31.5. The van der Waals surface area contributed by atoms with Crippen molar-refractivity contribution >= 4 is 23.0 Å². The summed E-state index contributed by atoms with van der Waals surface area (Å²) in [7, 11) is 0. The minimum absolute atomic E-state index is 0.536. The van der Waals surface area contributed by atoms with Crippen LogP contribution in [0.25, 0.3) is 0 Å². The summed E-state index contributed by atoms with van der Waals surface area (Å²) < 4.78 is 0. The molecule has 0 radical (unpaired) electrons. The number of fused-ring (bicyclic) bond motifs is 2. The van der Waals surface area contributed by atoms with Crippen LogP contribution >= 0.6 is 12.2 Å². The average molecular weight is 315 g/mol. The number of thiocarbonyl (C=S) groups is 1. The van der Waals surface area contributed by atoms with E-state index in [0.717, 1.165) is 28.9 Å². The quantitative estimate of drug-likeness (QED) is 0.835. The van der Waals surface area contributed by atoms with Gasteiger partial charge in [0.05, 0.1) is 0 Å². The third kappa shape index (κ3) is 3.13. The second-order valence-electron chi connectivity index (χ2n) is 7.05. The van der Waals surface area contributed by atoms with Crippen molar-refractivity contribution in [1.82, 2.24) is 10.2 Å². The molecule has 3 fully saturated rings. The van der Waals surface area contributed by atoms with Crippen molar-refractivity contribution in [2.75, 3.05) is 5.32 Å². The van der Waals surface area contributed by atoms with Crippen molar-refractivity contribution in [3.63, 3.8) is 0 Å². The third-order valence-electron chi connectivity index (χ3n) is 5.37. The minimum atomic E-state index is 0.536. The predicted molar refractivity (Wildman–Crippen MR) is 95.1 cm³/mol. The Morgan fingerprint density at radius 3 is 2.27 bits per heavy atom. The van der Waals surface area contributed by atoms with Crippen molar-refractivity contribution in [3.8, 4) is 0 Å². The van der Waals surface area contributed by atoms with Crippen LogP contribution in [-0.2, 0) is 0 Å². The molecular weight excluding hydrogens is 290 g/mol. The van der Waals surface area contributed by atoms with Gasteiger partial charge < -0.3 is 10.6 Å². The van der Waals surface area contributed by atoms with E-state index in [1.54, 1.807) is 0 Å². The summed E-state index contributed by atoms with van der Waals surface area (Å²) in [5.74, 6) is 0. The maximum atomic E-state index is 5.51. The first-order valence-electron chi connectivity index (χ1n) is 8.69. The first kappa shape index (κ1) is 14.5. The fourth-order valence-electron chi connectivity index (χ4n) is 4.38. The molecule has 1 aromatic carbocycles. The first-order chi connectivity index (χ1) is 10.8. The van der Waals surface area contributed by atoms with Gasteiger partial charge in [-0.15, -0.1) is 0 Å². The summed E-state index contributed by atoms with van der Waals surface area (Å²) in [6.45, 7) is 0. The van der Waals surface area contributed by atoms with Gasteiger partial charge in [0.15, 0.2) is 5.11 Å². The number of benzene rings is 1. The number of piperidine rings is 2. The zero-order chi connectivity index (χ0) is 14.9. The highest BCUT2D eigenvalue weighted by atomic mass is 32.1. The molecule has 2 heterocycles. The molecule has 118 valence electrons. The monoisotopic (exact) mass is 315 g/mol. The van der Waals surface area contributed by atoms with Crippen LogP contribution in [0.3, 0.4) is 0 Å². The van der Waals surface area contributed by atoms with Gasteiger partial charge in [-0.1, -0.05) is 24.6 Å². The number of para-hydroxylation sites is 1. The highest BCUT2D eigenvalue weighted by Crippen LogP contribution is 2.41. The molecule has 1 saturated carbocycles. The fraction of sp³-hybridized carbons (Fsp3) is 0.611. The van der Waals surface area contributed by atoms with E-state index in [9.17, 15) is 0 Å². The van der Waals surface area contributed by atoms with E-state index in [2.05, 4.69) is 27.7 Å². The molecule has 3 atom stereocenters. The third-order valence-corrected chi connectivity index (χ3v) is 5.59. The number of hydrogen-bond acceptors (Lipinski definition) is 2. The fourth-order valence-corrected chi connectivity index (χ4v) is 4.66. The number of rotatable bonds is 3. The molecule has 2 N–H and O–H groups in total. The van der Waals surface area contributed by atoms with Gasteiger partial charge in [-0.05, 0) is 62.9 Å². The first-order valence-corrected chi connectivity index (χ1v) is 9.10. The summed E-state index contributed by atoms with van der Waals surface area (Å²) in [6, 6.07) is 13.2. The molecule has 2 aliphatic heterocycles. The molecule has 1 aromatic rings. The molecule has 4 rings (SSSR count). The largest absolute Gasteiger partial charge is 0.360 e. The molecule has 2 bridgehead atoms. The Hall–Kier alpha value is -1.13. The lowest BCUT2D eigenvalue weighted by molar-refractivity contribution is 0.0209.